The van der Waals surface area contributed by atoms with E-state index in [0.717, 1.165) is 19.6 Å². The molecule has 0 aliphatic carbocycles. The minimum Gasteiger partial charge on any atom is -0.373 e. The van der Waals surface area contributed by atoms with Crippen LogP contribution >= 0.6 is 0 Å². The van der Waals surface area contributed by atoms with Crippen molar-refractivity contribution in [2.45, 2.75) is 32.0 Å². The lowest BCUT2D eigenvalue weighted by Crippen LogP contribution is -1.75. The van der Waals surface area contributed by atoms with Crippen LogP contribution in [0.2, 0.25) is 0 Å². The lowest BCUT2D eigenvalue weighted by atomic mass is 10.3. The molecular formula is C9H16O2. The quantitative estimate of drug-likeness (QED) is 0.459. The average molecular weight is 156 g/mol. The summed E-state index contributed by atoms with van der Waals surface area (Å²) in [5, 5.41) is 0. The van der Waals surface area contributed by atoms with Gasteiger partial charge in [-0.2, -0.15) is 0 Å². The maximum absolute atomic E-state index is 4.88. The van der Waals surface area contributed by atoms with E-state index in [1.165, 1.54) is 6.42 Å². The van der Waals surface area contributed by atoms with E-state index in [1.54, 1.807) is 0 Å². The van der Waals surface area contributed by atoms with Gasteiger partial charge in [-0.05, 0) is 12.8 Å². The summed E-state index contributed by atoms with van der Waals surface area (Å²) in [7, 11) is 0. The number of hydrogen-bond donors (Lipinski definition) is 0. The highest BCUT2D eigenvalue weighted by Crippen LogP contribution is 2.12. The van der Waals surface area contributed by atoms with Crippen LogP contribution in [0.3, 0.4) is 0 Å². The second-order valence-electron chi connectivity index (χ2n) is 2.84. The van der Waals surface area contributed by atoms with Crippen LogP contribution in [0.25, 0.3) is 0 Å². The molecule has 2 aliphatic rings. The number of hydrogen-bond acceptors (Lipinski definition) is 2. The van der Waals surface area contributed by atoms with Crippen molar-refractivity contribution in [3.05, 3.63) is 12.7 Å². The van der Waals surface area contributed by atoms with Crippen LogP contribution in [-0.4, -0.2) is 25.4 Å². The lowest BCUT2D eigenvalue weighted by Gasteiger charge is -1.73. The molecule has 2 fully saturated rings. The number of rotatable bonds is 3. The molecule has 11 heavy (non-hydrogen) atoms. The molecule has 0 amide bonds. The maximum Gasteiger partial charge on any atom is 0.0844 e. The molecule has 2 aliphatic heterocycles. The van der Waals surface area contributed by atoms with Gasteiger partial charge in [-0.1, -0.05) is 13.0 Å². The fraction of sp³-hybridized carbons (Fsp3) is 0.778. The van der Waals surface area contributed by atoms with Crippen LogP contribution in [0.4, 0.5) is 0 Å². The summed E-state index contributed by atoms with van der Waals surface area (Å²) < 4.78 is 9.74. The van der Waals surface area contributed by atoms with Crippen molar-refractivity contribution in [1.29, 1.82) is 0 Å². The Morgan fingerprint density at radius 3 is 2.00 bits per heavy atom. The van der Waals surface area contributed by atoms with Crippen LogP contribution in [0.15, 0.2) is 12.7 Å². The van der Waals surface area contributed by atoms with E-state index in [-0.39, 0.29) is 0 Å². The van der Waals surface area contributed by atoms with Gasteiger partial charge in [-0.3, -0.25) is 0 Å². The smallest absolute Gasteiger partial charge is 0.0844 e. The van der Waals surface area contributed by atoms with Gasteiger partial charge in [0, 0.05) is 0 Å². The Hall–Kier alpha value is -0.340. The Bertz CT molecular complexity index is 115. The molecule has 2 rings (SSSR count). The largest absolute Gasteiger partial charge is 0.373 e. The molecule has 2 heteroatoms. The van der Waals surface area contributed by atoms with Crippen LogP contribution in [0, 0.1) is 0 Å². The predicted octanol–water partition coefficient (Wildman–Crippen LogP) is 1.76. The first kappa shape index (κ1) is 8.75. The molecule has 64 valence electrons. The van der Waals surface area contributed by atoms with Crippen LogP contribution in [0.1, 0.15) is 19.8 Å². The zero-order valence-electron chi connectivity index (χ0n) is 7.08. The fourth-order valence-electron chi connectivity index (χ4n) is 0.694. The van der Waals surface area contributed by atoms with Crippen molar-refractivity contribution in [3.8, 4) is 0 Å². The molecule has 2 heterocycles. The monoisotopic (exact) mass is 156 g/mol. The van der Waals surface area contributed by atoms with Gasteiger partial charge >= 0.3 is 0 Å². The van der Waals surface area contributed by atoms with Crippen molar-refractivity contribution >= 4 is 0 Å². The first-order valence-electron chi connectivity index (χ1n) is 4.21. The lowest BCUT2D eigenvalue weighted by molar-refractivity contribution is 0.403. The summed E-state index contributed by atoms with van der Waals surface area (Å²) in [5.41, 5.74) is 0. The Labute approximate surface area is 68.2 Å². The highest BCUT2D eigenvalue weighted by atomic mass is 16.6. The van der Waals surface area contributed by atoms with Gasteiger partial charge in [0.2, 0.25) is 0 Å². The highest BCUT2D eigenvalue weighted by molar-refractivity contribution is 4.79. The first-order chi connectivity index (χ1) is 5.36. The normalized spacial score (nSPS) is 31.7. The summed E-state index contributed by atoms with van der Waals surface area (Å²) >= 11 is 0. The molecule has 0 bridgehead atoms. The minimum atomic E-state index is 0.530. The van der Waals surface area contributed by atoms with Gasteiger partial charge < -0.3 is 9.47 Å². The van der Waals surface area contributed by atoms with Crippen molar-refractivity contribution < 1.29 is 9.47 Å². The second-order valence-corrected chi connectivity index (χ2v) is 2.84. The van der Waals surface area contributed by atoms with Crippen molar-refractivity contribution in [3.63, 3.8) is 0 Å². The van der Waals surface area contributed by atoms with E-state index < -0.39 is 0 Å². The summed E-state index contributed by atoms with van der Waals surface area (Å²) in [6.45, 7) is 7.66. The molecular weight excluding hydrogens is 140 g/mol. The third-order valence-electron chi connectivity index (χ3n) is 1.69. The van der Waals surface area contributed by atoms with E-state index >= 15 is 0 Å². The Morgan fingerprint density at radius 1 is 1.36 bits per heavy atom. The molecule has 2 saturated heterocycles. The Morgan fingerprint density at radius 2 is 1.91 bits per heavy atom. The average Bonchev–Trinajstić information content (AvgIpc) is 2.87. The van der Waals surface area contributed by atoms with E-state index in [4.69, 9.17) is 9.47 Å². The SMILES string of the molecule is C=CCC1CO1.CCC1CO1. The Balaban J connectivity index is 0.000000112. The standard InChI is InChI=1S/C5H8O.C4H8O/c1-2-3-5-4-6-5;1-2-4-3-5-4/h2,5H,1,3-4H2;4H,2-3H2,1H3. The fourth-order valence-corrected chi connectivity index (χ4v) is 0.694. The third-order valence-corrected chi connectivity index (χ3v) is 1.69. The highest BCUT2D eigenvalue weighted by Gasteiger charge is 2.19. The van der Waals surface area contributed by atoms with Crippen LogP contribution < -0.4 is 0 Å². The van der Waals surface area contributed by atoms with E-state index in [1.807, 2.05) is 6.08 Å². The van der Waals surface area contributed by atoms with Gasteiger partial charge in [-0.15, -0.1) is 6.58 Å². The molecule has 2 unspecified atom stereocenters. The molecule has 0 aromatic heterocycles. The molecule has 0 aromatic carbocycles. The van der Waals surface area contributed by atoms with E-state index in [9.17, 15) is 0 Å². The molecule has 2 nitrogen and oxygen atoms in total. The Kier molecular flexibility index (Phi) is 3.60. The molecule has 0 radical (unpaired) electrons. The molecule has 0 aromatic rings. The van der Waals surface area contributed by atoms with Gasteiger partial charge in [0.15, 0.2) is 0 Å². The van der Waals surface area contributed by atoms with Crippen LogP contribution in [-0.2, 0) is 9.47 Å². The van der Waals surface area contributed by atoms with Gasteiger partial charge in [0.25, 0.3) is 0 Å². The van der Waals surface area contributed by atoms with Crippen molar-refractivity contribution in [2.24, 2.45) is 0 Å². The first-order valence-corrected chi connectivity index (χ1v) is 4.21. The topological polar surface area (TPSA) is 25.1 Å². The second kappa shape index (κ2) is 4.52. The van der Waals surface area contributed by atoms with Crippen molar-refractivity contribution in [2.75, 3.05) is 13.2 Å². The van der Waals surface area contributed by atoms with Gasteiger partial charge in [-0.25, -0.2) is 0 Å². The zero-order valence-corrected chi connectivity index (χ0v) is 7.08. The molecule has 2 atom stereocenters. The van der Waals surface area contributed by atoms with Gasteiger partial charge in [0.1, 0.15) is 0 Å². The van der Waals surface area contributed by atoms with Crippen molar-refractivity contribution in [1.82, 2.24) is 0 Å². The summed E-state index contributed by atoms with van der Waals surface area (Å²) in [6.07, 6.45) is 5.27. The summed E-state index contributed by atoms with van der Waals surface area (Å²) in [5.74, 6) is 0. The predicted molar refractivity (Wildman–Crippen MR) is 44.6 cm³/mol. The molecule has 0 N–H and O–H groups in total. The molecule has 0 spiro atoms. The third kappa shape index (κ3) is 4.99. The summed E-state index contributed by atoms with van der Waals surface area (Å²) in [6, 6.07) is 0. The van der Waals surface area contributed by atoms with E-state index in [0.29, 0.717) is 12.2 Å². The van der Waals surface area contributed by atoms with Gasteiger partial charge in [0.05, 0.1) is 25.4 Å². The summed E-state index contributed by atoms with van der Waals surface area (Å²) in [4.78, 5) is 0. The number of epoxide rings is 2. The minimum absolute atomic E-state index is 0.530. The number of ether oxygens (including phenoxy) is 2. The zero-order chi connectivity index (χ0) is 8.10. The molecule has 0 saturated carbocycles. The van der Waals surface area contributed by atoms with E-state index in [2.05, 4.69) is 13.5 Å². The maximum atomic E-state index is 4.88. The van der Waals surface area contributed by atoms with Crippen LogP contribution in [0.5, 0.6) is 0 Å².